The van der Waals surface area contributed by atoms with Crippen molar-refractivity contribution in [2.45, 2.75) is 38.5 Å². The molecule has 0 amide bonds. The molecule has 20 heavy (non-hydrogen) atoms. The predicted molar refractivity (Wildman–Crippen MR) is 81.2 cm³/mol. The topological polar surface area (TPSA) is 21.3 Å². The van der Waals surface area contributed by atoms with Gasteiger partial charge in [0.05, 0.1) is 6.61 Å². The Labute approximate surface area is 121 Å². The first-order chi connectivity index (χ1) is 9.88. The standard InChI is InChI=1S/C18H25NO/c1-3-15-10-14(1)11-17(15)12-19-7-5-13-2-4-18-16(9-13)6-8-20-18/h2,4,9,14-15,17,19H,1,3,5-8,10-12H2. The lowest BCUT2D eigenvalue weighted by molar-refractivity contribution is 0.320. The third kappa shape index (κ3) is 2.46. The molecule has 2 heteroatoms. The van der Waals surface area contributed by atoms with Gasteiger partial charge in [-0.3, -0.25) is 0 Å². The fourth-order valence-corrected chi connectivity index (χ4v) is 4.54. The molecule has 2 bridgehead atoms. The number of fused-ring (bicyclic) bond motifs is 3. The van der Waals surface area contributed by atoms with E-state index < -0.39 is 0 Å². The van der Waals surface area contributed by atoms with Crippen molar-refractivity contribution in [3.8, 4) is 5.75 Å². The normalized spacial score (nSPS) is 30.5. The van der Waals surface area contributed by atoms with Gasteiger partial charge in [0.2, 0.25) is 0 Å². The van der Waals surface area contributed by atoms with Crippen molar-refractivity contribution in [2.24, 2.45) is 17.8 Å². The van der Waals surface area contributed by atoms with Gasteiger partial charge >= 0.3 is 0 Å². The molecule has 108 valence electrons. The summed E-state index contributed by atoms with van der Waals surface area (Å²) in [5, 5.41) is 3.70. The maximum absolute atomic E-state index is 5.56. The summed E-state index contributed by atoms with van der Waals surface area (Å²) >= 11 is 0. The van der Waals surface area contributed by atoms with Crippen LogP contribution in [-0.2, 0) is 12.8 Å². The number of ether oxygens (including phenoxy) is 1. The van der Waals surface area contributed by atoms with Gasteiger partial charge in [-0.2, -0.15) is 0 Å². The van der Waals surface area contributed by atoms with Gasteiger partial charge < -0.3 is 10.1 Å². The molecule has 2 saturated carbocycles. The van der Waals surface area contributed by atoms with Crippen LogP contribution >= 0.6 is 0 Å². The zero-order chi connectivity index (χ0) is 13.4. The maximum atomic E-state index is 5.56. The zero-order valence-corrected chi connectivity index (χ0v) is 12.2. The molecule has 3 unspecified atom stereocenters. The number of hydrogen-bond donors (Lipinski definition) is 1. The van der Waals surface area contributed by atoms with Gasteiger partial charge in [-0.1, -0.05) is 18.6 Å². The molecular weight excluding hydrogens is 246 g/mol. The van der Waals surface area contributed by atoms with Crippen LogP contribution in [0.3, 0.4) is 0 Å². The maximum Gasteiger partial charge on any atom is 0.122 e. The molecule has 1 heterocycles. The molecule has 0 saturated heterocycles. The number of nitrogens with one attached hydrogen (secondary N) is 1. The minimum atomic E-state index is 0.862. The highest BCUT2D eigenvalue weighted by atomic mass is 16.5. The molecule has 2 nitrogen and oxygen atoms in total. The highest BCUT2D eigenvalue weighted by Crippen LogP contribution is 2.47. The van der Waals surface area contributed by atoms with Crippen molar-refractivity contribution in [3.05, 3.63) is 29.3 Å². The van der Waals surface area contributed by atoms with E-state index in [1.54, 1.807) is 0 Å². The summed E-state index contributed by atoms with van der Waals surface area (Å²) in [4.78, 5) is 0. The Bertz CT molecular complexity index is 484. The van der Waals surface area contributed by atoms with Crippen molar-refractivity contribution in [1.82, 2.24) is 5.32 Å². The molecule has 0 aromatic heterocycles. The lowest BCUT2D eigenvalue weighted by atomic mass is 9.89. The molecule has 2 aliphatic carbocycles. The average Bonchev–Trinajstić information content (AvgIpc) is 3.18. The van der Waals surface area contributed by atoms with E-state index in [0.29, 0.717) is 0 Å². The van der Waals surface area contributed by atoms with Crippen molar-refractivity contribution in [2.75, 3.05) is 19.7 Å². The summed E-state index contributed by atoms with van der Waals surface area (Å²) in [7, 11) is 0. The van der Waals surface area contributed by atoms with Crippen LogP contribution < -0.4 is 10.1 Å². The fourth-order valence-electron chi connectivity index (χ4n) is 4.54. The first kappa shape index (κ1) is 12.7. The van der Waals surface area contributed by atoms with E-state index >= 15 is 0 Å². The Kier molecular flexibility index (Phi) is 3.43. The summed E-state index contributed by atoms with van der Waals surface area (Å²) < 4.78 is 5.56. The van der Waals surface area contributed by atoms with Gasteiger partial charge in [0.1, 0.15) is 5.75 Å². The van der Waals surface area contributed by atoms with Crippen LogP contribution in [0.4, 0.5) is 0 Å². The van der Waals surface area contributed by atoms with Crippen LogP contribution in [0.15, 0.2) is 18.2 Å². The predicted octanol–water partition coefficient (Wildman–Crippen LogP) is 3.19. The van der Waals surface area contributed by atoms with Crippen molar-refractivity contribution in [3.63, 3.8) is 0 Å². The minimum Gasteiger partial charge on any atom is -0.493 e. The van der Waals surface area contributed by atoms with Crippen LogP contribution in [0.2, 0.25) is 0 Å². The first-order valence-electron chi connectivity index (χ1n) is 8.34. The van der Waals surface area contributed by atoms with Gasteiger partial charge in [-0.15, -0.1) is 0 Å². The molecule has 1 N–H and O–H groups in total. The van der Waals surface area contributed by atoms with E-state index in [2.05, 4.69) is 23.5 Å². The Balaban J connectivity index is 1.23. The Morgan fingerprint density at radius 2 is 2.20 bits per heavy atom. The molecule has 3 atom stereocenters. The van der Waals surface area contributed by atoms with E-state index in [-0.39, 0.29) is 0 Å². The van der Waals surface area contributed by atoms with Crippen molar-refractivity contribution < 1.29 is 4.74 Å². The van der Waals surface area contributed by atoms with Gasteiger partial charge in [0.25, 0.3) is 0 Å². The third-order valence-corrected chi connectivity index (χ3v) is 5.64. The summed E-state index contributed by atoms with van der Waals surface area (Å²) in [5.41, 5.74) is 2.85. The average molecular weight is 271 g/mol. The van der Waals surface area contributed by atoms with E-state index in [0.717, 1.165) is 49.5 Å². The van der Waals surface area contributed by atoms with Gasteiger partial charge in [0, 0.05) is 6.42 Å². The van der Waals surface area contributed by atoms with E-state index in [1.165, 1.54) is 43.4 Å². The molecule has 1 aliphatic heterocycles. The lowest BCUT2D eigenvalue weighted by Gasteiger charge is -2.21. The third-order valence-electron chi connectivity index (χ3n) is 5.64. The largest absolute Gasteiger partial charge is 0.493 e. The molecule has 4 rings (SSSR count). The fraction of sp³-hybridized carbons (Fsp3) is 0.667. The Morgan fingerprint density at radius 3 is 3.05 bits per heavy atom. The van der Waals surface area contributed by atoms with Crippen LogP contribution in [0.5, 0.6) is 5.75 Å². The minimum absolute atomic E-state index is 0.862. The second-order valence-corrected chi connectivity index (χ2v) is 6.93. The monoisotopic (exact) mass is 271 g/mol. The summed E-state index contributed by atoms with van der Waals surface area (Å²) in [6.07, 6.45) is 8.26. The first-order valence-corrected chi connectivity index (χ1v) is 8.34. The Hall–Kier alpha value is -1.02. The molecule has 1 aromatic rings. The van der Waals surface area contributed by atoms with Gasteiger partial charge in [0.15, 0.2) is 0 Å². The molecule has 0 spiro atoms. The van der Waals surface area contributed by atoms with Crippen LogP contribution in [0, 0.1) is 17.8 Å². The highest BCUT2D eigenvalue weighted by Gasteiger charge is 2.38. The number of hydrogen-bond acceptors (Lipinski definition) is 2. The van der Waals surface area contributed by atoms with E-state index in [1.807, 2.05) is 0 Å². The highest BCUT2D eigenvalue weighted by molar-refractivity contribution is 5.39. The summed E-state index contributed by atoms with van der Waals surface area (Å²) in [6.45, 7) is 3.23. The lowest BCUT2D eigenvalue weighted by Crippen LogP contribution is -2.28. The van der Waals surface area contributed by atoms with Crippen LogP contribution in [0.25, 0.3) is 0 Å². The molecular formula is C18H25NO. The van der Waals surface area contributed by atoms with Crippen molar-refractivity contribution >= 4 is 0 Å². The summed E-state index contributed by atoms with van der Waals surface area (Å²) in [5.74, 6) is 4.19. The Morgan fingerprint density at radius 1 is 1.20 bits per heavy atom. The quantitative estimate of drug-likeness (QED) is 0.830. The number of rotatable bonds is 5. The second kappa shape index (κ2) is 5.40. The SMILES string of the molecule is c1cc2c(cc1CCNCC1CC3CCC1C3)CCO2. The van der Waals surface area contributed by atoms with E-state index in [9.17, 15) is 0 Å². The number of benzene rings is 1. The van der Waals surface area contributed by atoms with Crippen LogP contribution in [0.1, 0.15) is 36.8 Å². The van der Waals surface area contributed by atoms with Crippen LogP contribution in [-0.4, -0.2) is 19.7 Å². The van der Waals surface area contributed by atoms with Crippen molar-refractivity contribution in [1.29, 1.82) is 0 Å². The second-order valence-electron chi connectivity index (χ2n) is 6.93. The van der Waals surface area contributed by atoms with Gasteiger partial charge in [-0.05, 0) is 73.7 Å². The smallest absolute Gasteiger partial charge is 0.122 e. The molecule has 0 radical (unpaired) electrons. The zero-order valence-electron chi connectivity index (χ0n) is 12.2. The molecule has 3 aliphatic rings. The molecule has 2 fully saturated rings. The summed E-state index contributed by atoms with van der Waals surface area (Å²) in [6, 6.07) is 6.71. The van der Waals surface area contributed by atoms with E-state index in [4.69, 9.17) is 4.74 Å². The molecule has 1 aromatic carbocycles. The van der Waals surface area contributed by atoms with Gasteiger partial charge in [-0.25, -0.2) is 0 Å².